The molecule has 6 nitrogen and oxygen atoms in total. The fourth-order valence-electron chi connectivity index (χ4n) is 2.46. The van der Waals surface area contributed by atoms with Gasteiger partial charge in [-0.05, 0) is 43.9 Å². The third-order valence-electron chi connectivity index (χ3n) is 3.79. The first kappa shape index (κ1) is 14.9. The fourth-order valence-corrected chi connectivity index (χ4v) is 2.46. The van der Waals surface area contributed by atoms with Crippen LogP contribution in [-0.2, 0) is 4.79 Å². The molecule has 0 heterocycles. The minimum absolute atomic E-state index is 0.0718. The second-order valence-electron chi connectivity index (χ2n) is 5.43. The molecule has 0 saturated heterocycles. The maximum Gasteiger partial charge on any atom is 0.319 e. The van der Waals surface area contributed by atoms with Crippen molar-refractivity contribution in [2.45, 2.75) is 38.1 Å². The molecule has 0 bridgehead atoms. The molecule has 2 rings (SSSR count). The number of anilines is 1. The average Bonchev–Trinajstić information content (AvgIpc) is 2.38. The number of aryl methyl sites for hydroxylation is 1. The van der Waals surface area contributed by atoms with Crippen molar-refractivity contribution in [3.8, 4) is 6.07 Å². The highest BCUT2D eigenvalue weighted by atomic mass is 16.4. The van der Waals surface area contributed by atoms with Crippen LogP contribution in [-0.4, -0.2) is 22.6 Å². The van der Waals surface area contributed by atoms with Crippen LogP contribution in [0.4, 0.5) is 10.5 Å². The van der Waals surface area contributed by atoms with E-state index in [1.54, 1.807) is 18.2 Å². The van der Waals surface area contributed by atoms with Crippen LogP contribution in [0.2, 0.25) is 0 Å². The number of nitrogens with zero attached hydrogens (tertiary/aromatic N) is 1. The Hall–Kier alpha value is -2.55. The monoisotopic (exact) mass is 287 g/mol. The summed E-state index contributed by atoms with van der Waals surface area (Å²) in [5.41, 5.74) is 1.21. The molecule has 1 aromatic carbocycles. The van der Waals surface area contributed by atoms with Crippen molar-refractivity contribution in [2.75, 3.05) is 5.32 Å². The topological polar surface area (TPSA) is 102 Å². The summed E-state index contributed by atoms with van der Waals surface area (Å²) in [7, 11) is 0. The molecular formula is C15H17N3O3. The number of urea groups is 1. The van der Waals surface area contributed by atoms with Crippen molar-refractivity contribution in [2.24, 2.45) is 0 Å². The number of aliphatic carboxylic acids is 1. The maximum atomic E-state index is 12.1. The van der Waals surface area contributed by atoms with E-state index >= 15 is 0 Å². The average molecular weight is 287 g/mol. The van der Waals surface area contributed by atoms with Crippen LogP contribution in [0.1, 0.15) is 36.8 Å². The Morgan fingerprint density at radius 1 is 1.43 bits per heavy atom. The summed E-state index contributed by atoms with van der Waals surface area (Å²) in [5.74, 6) is -0.919. The van der Waals surface area contributed by atoms with Crippen molar-refractivity contribution < 1.29 is 14.7 Å². The van der Waals surface area contributed by atoms with Gasteiger partial charge >= 0.3 is 12.0 Å². The molecule has 21 heavy (non-hydrogen) atoms. The van der Waals surface area contributed by atoms with Crippen molar-refractivity contribution in [3.63, 3.8) is 0 Å². The third kappa shape index (κ3) is 3.51. The predicted octanol–water partition coefficient (Wildman–Crippen LogP) is 2.39. The van der Waals surface area contributed by atoms with Crippen LogP contribution >= 0.6 is 0 Å². The summed E-state index contributed by atoms with van der Waals surface area (Å²) in [6.07, 6.45) is 2.18. The Morgan fingerprint density at radius 2 is 2.14 bits per heavy atom. The summed E-state index contributed by atoms with van der Waals surface area (Å²) in [6.45, 7) is 1.83. The van der Waals surface area contributed by atoms with Gasteiger partial charge in [0.25, 0.3) is 0 Å². The van der Waals surface area contributed by atoms with E-state index in [4.69, 9.17) is 10.4 Å². The van der Waals surface area contributed by atoms with E-state index < -0.39 is 17.5 Å². The maximum absolute atomic E-state index is 12.1. The van der Waals surface area contributed by atoms with Crippen molar-refractivity contribution in [3.05, 3.63) is 29.3 Å². The summed E-state index contributed by atoms with van der Waals surface area (Å²) in [5, 5.41) is 23.2. The second kappa shape index (κ2) is 5.83. The normalized spacial score (nSPS) is 15.4. The summed E-state index contributed by atoms with van der Waals surface area (Å²) >= 11 is 0. The fraction of sp³-hybridized carbons (Fsp3) is 0.400. The zero-order chi connectivity index (χ0) is 15.5. The van der Waals surface area contributed by atoms with Gasteiger partial charge in [0.15, 0.2) is 0 Å². The number of hydrogen-bond donors (Lipinski definition) is 3. The molecule has 1 aliphatic rings. The van der Waals surface area contributed by atoms with Gasteiger partial charge in [0, 0.05) is 5.69 Å². The molecule has 1 saturated carbocycles. The molecule has 3 N–H and O–H groups in total. The minimum Gasteiger partial charge on any atom is -0.481 e. The number of amides is 2. The molecule has 2 amide bonds. The quantitative estimate of drug-likeness (QED) is 0.791. The standard InChI is InChI=1S/C15H17N3O3/c1-10-3-4-11(9-16)7-12(10)17-14(21)18-15(5-2-6-15)8-13(19)20/h3-4,7H,2,5-6,8H2,1H3,(H,19,20)(H2,17,18,21). The van der Waals surface area contributed by atoms with Crippen molar-refractivity contribution >= 4 is 17.7 Å². The van der Waals surface area contributed by atoms with E-state index in [9.17, 15) is 9.59 Å². The van der Waals surface area contributed by atoms with E-state index in [0.717, 1.165) is 12.0 Å². The molecule has 0 spiro atoms. The molecule has 1 aromatic rings. The Bertz CT molecular complexity index is 615. The van der Waals surface area contributed by atoms with Gasteiger partial charge in [0.2, 0.25) is 0 Å². The van der Waals surface area contributed by atoms with Crippen LogP contribution in [0.5, 0.6) is 0 Å². The first-order valence-electron chi connectivity index (χ1n) is 6.76. The Morgan fingerprint density at radius 3 is 2.67 bits per heavy atom. The number of carboxylic acid groups (broad SMARTS) is 1. The Kier molecular flexibility index (Phi) is 4.13. The molecule has 0 unspecified atom stereocenters. The number of rotatable bonds is 4. The zero-order valence-electron chi connectivity index (χ0n) is 11.8. The van der Waals surface area contributed by atoms with Crippen LogP contribution in [0.25, 0.3) is 0 Å². The summed E-state index contributed by atoms with van der Waals surface area (Å²) in [4.78, 5) is 22.9. The number of carboxylic acids is 1. The molecule has 1 fully saturated rings. The predicted molar refractivity (Wildman–Crippen MR) is 76.9 cm³/mol. The highest BCUT2D eigenvalue weighted by molar-refractivity contribution is 5.91. The van der Waals surface area contributed by atoms with Crippen molar-refractivity contribution in [1.82, 2.24) is 5.32 Å². The zero-order valence-corrected chi connectivity index (χ0v) is 11.8. The summed E-state index contributed by atoms with van der Waals surface area (Å²) < 4.78 is 0. The first-order valence-corrected chi connectivity index (χ1v) is 6.76. The number of benzene rings is 1. The highest BCUT2D eigenvalue weighted by Crippen LogP contribution is 2.35. The highest BCUT2D eigenvalue weighted by Gasteiger charge is 2.40. The lowest BCUT2D eigenvalue weighted by Gasteiger charge is -2.41. The number of hydrogen-bond acceptors (Lipinski definition) is 3. The lowest BCUT2D eigenvalue weighted by Crippen LogP contribution is -2.55. The van der Waals surface area contributed by atoms with Gasteiger partial charge in [-0.2, -0.15) is 5.26 Å². The van der Waals surface area contributed by atoms with Crippen molar-refractivity contribution in [1.29, 1.82) is 5.26 Å². The minimum atomic E-state index is -0.919. The second-order valence-corrected chi connectivity index (χ2v) is 5.43. The van der Waals surface area contributed by atoms with Gasteiger partial charge in [-0.1, -0.05) is 6.07 Å². The van der Waals surface area contributed by atoms with Gasteiger partial charge in [0.1, 0.15) is 0 Å². The molecular weight excluding hydrogens is 270 g/mol. The molecule has 1 aliphatic carbocycles. The molecule has 110 valence electrons. The van der Waals surface area contributed by atoms with E-state index in [1.807, 2.05) is 13.0 Å². The number of nitriles is 1. The van der Waals surface area contributed by atoms with Gasteiger partial charge in [-0.15, -0.1) is 0 Å². The van der Waals surface area contributed by atoms with E-state index in [-0.39, 0.29) is 6.42 Å². The van der Waals surface area contributed by atoms with Crippen LogP contribution < -0.4 is 10.6 Å². The van der Waals surface area contributed by atoms with Gasteiger partial charge in [-0.25, -0.2) is 4.79 Å². The lowest BCUT2D eigenvalue weighted by atomic mass is 9.74. The molecule has 0 atom stereocenters. The third-order valence-corrected chi connectivity index (χ3v) is 3.79. The lowest BCUT2D eigenvalue weighted by molar-refractivity contribution is -0.139. The van der Waals surface area contributed by atoms with E-state index in [1.165, 1.54) is 0 Å². The van der Waals surface area contributed by atoms with E-state index in [2.05, 4.69) is 10.6 Å². The molecule has 0 aromatic heterocycles. The Balaban J connectivity index is 2.05. The smallest absolute Gasteiger partial charge is 0.319 e. The van der Waals surface area contributed by atoms with Gasteiger partial charge < -0.3 is 15.7 Å². The van der Waals surface area contributed by atoms with Crippen LogP contribution in [0.15, 0.2) is 18.2 Å². The molecule has 6 heteroatoms. The number of carbonyl (C=O) groups excluding carboxylic acids is 1. The van der Waals surface area contributed by atoms with Gasteiger partial charge in [-0.3, -0.25) is 4.79 Å². The number of carbonyl (C=O) groups is 2. The first-order chi connectivity index (χ1) is 9.94. The summed E-state index contributed by atoms with van der Waals surface area (Å²) in [6, 6.07) is 6.61. The largest absolute Gasteiger partial charge is 0.481 e. The SMILES string of the molecule is Cc1ccc(C#N)cc1NC(=O)NC1(CC(=O)O)CCC1. The van der Waals surface area contributed by atoms with E-state index in [0.29, 0.717) is 24.1 Å². The van der Waals surface area contributed by atoms with Gasteiger partial charge in [0.05, 0.1) is 23.6 Å². The number of nitrogens with one attached hydrogen (secondary N) is 2. The van der Waals surface area contributed by atoms with Crippen LogP contribution in [0, 0.1) is 18.3 Å². The molecule has 0 aliphatic heterocycles. The van der Waals surface area contributed by atoms with Crippen LogP contribution in [0.3, 0.4) is 0 Å². The Labute approximate surface area is 122 Å². The molecule has 0 radical (unpaired) electrons.